The van der Waals surface area contributed by atoms with Gasteiger partial charge in [0.25, 0.3) is 0 Å². The molecule has 10 heteroatoms. The highest BCUT2D eigenvalue weighted by atomic mass is 16.4. The van der Waals surface area contributed by atoms with Crippen molar-refractivity contribution in [2.45, 2.75) is 20.4 Å². The normalized spacial score (nSPS) is 14.0. The van der Waals surface area contributed by atoms with Crippen molar-refractivity contribution in [2.75, 3.05) is 31.1 Å². The van der Waals surface area contributed by atoms with Crippen molar-refractivity contribution < 1.29 is 19.8 Å². The molecular weight excluding hydrogens is 448 g/mol. The third kappa shape index (κ3) is 7.21. The van der Waals surface area contributed by atoms with E-state index >= 15 is 0 Å². The lowest BCUT2D eigenvalue weighted by atomic mass is 10.1. The lowest BCUT2D eigenvalue weighted by Gasteiger charge is -2.35. The summed E-state index contributed by atoms with van der Waals surface area (Å²) in [6.07, 6.45) is 6.67. The van der Waals surface area contributed by atoms with E-state index in [0.29, 0.717) is 12.2 Å². The summed E-state index contributed by atoms with van der Waals surface area (Å²) in [4.78, 5) is 33.2. The monoisotopic (exact) mass is 478 g/mol. The summed E-state index contributed by atoms with van der Waals surface area (Å²) in [6.45, 7) is 9.12. The van der Waals surface area contributed by atoms with Crippen molar-refractivity contribution in [3.63, 3.8) is 0 Å². The third-order valence-electron chi connectivity index (χ3n) is 5.78. The molecule has 1 aliphatic heterocycles. The lowest BCUT2D eigenvalue weighted by molar-refractivity contribution is -0.134. The predicted octanol–water partition coefficient (Wildman–Crippen LogP) is 2.53. The van der Waals surface area contributed by atoms with Gasteiger partial charge in [-0.3, -0.25) is 14.6 Å². The Balaban J connectivity index is 0.000000371. The second-order valence-electron chi connectivity index (χ2n) is 8.25. The number of rotatable bonds is 6. The minimum Gasteiger partial charge on any atom is -0.478 e. The van der Waals surface area contributed by atoms with Gasteiger partial charge in [-0.15, -0.1) is 0 Å². The molecule has 0 spiro atoms. The van der Waals surface area contributed by atoms with E-state index in [1.807, 2.05) is 17.9 Å². The topological polar surface area (TPSA) is 125 Å². The Labute approximate surface area is 204 Å². The molecule has 0 aliphatic carbocycles. The van der Waals surface area contributed by atoms with Gasteiger partial charge in [-0.1, -0.05) is 29.8 Å². The van der Waals surface area contributed by atoms with Crippen LogP contribution in [0.25, 0.3) is 11.3 Å². The first-order valence-electron chi connectivity index (χ1n) is 11.2. The van der Waals surface area contributed by atoms with Crippen LogP contribution >= 0.6 is 0 Å². The molecule has 0 radical (unpaired) electrons. The molecule has 0 bridgehead atoms. The van der Waals surface area contributed by atoms with E-state index in [9.17, 15) is 9.59 Å². The van der Waals surface area contributed by atoms with Gasteiger partial charge in [0.15, 0.2) is 5.82 Å². The van der Waals surface area contributed by atoms with E-state index in [2.05, 4.69) is 63.0 Å². The van der Waals surface area contributed by atoms with Crippen LogP contribution in [0.3, 0.4) is 0 Å². The fourth-order valence-electron chi connectivity index (χ4n) is 3.68. The molecule has 3 aromatic rings. The third-order valence-corrected chi connectivity index (χ3v) is 5.78. The SMILES string of the molecule is Cc1ccc(-c2nccnc2N2CCN(Cc3cnn(C)c3C)CC2)cc1.O=C(O)C=CC(=O)O. The molecule has 35 heavy (non-hydrogen) atoms. The highest BCUT2D eigenvalue weighted by molar-refractivity contribution is 5.89. The zero-order valence-corrected chi connectivity index (χ0v) is 20.1. The van der Waals surface area contributed by atoms with E-state index in [1.54, 1.807) is 12.4 Å². The van der Waals surface area contributed by atoms with E-state index in [4.69, 9.17) is 10.2 Å². The van der Waals surface area contributed by atoms with Gasteiger partial charge in [0, 0.05) is 81.1 Å². The highest BCUT2D eigenvalue weighted by Gasteiger charge is 2.22. The number of carboxylic acids is 2. The van der Waals surface area contributed by atoms with Crippen molar-refractivity contribution in [2.24, 2.45) is 7.05 Å². The first-order valence-corrected chi connectivity index (χ1v) is 11.2. The number of aromatic nitrogens is 4. The molecule has 3 heterocycles. The van der Waals surface area contributed by atoms with Gasteiger partial charge in [0.05, 0.1) is 6.20 Å². The van der Waals surface area contributed by atoms with Gasteiger partial charge >= 0.3 is 11.9 Å². The number of benzene rings is 1. The fraction of sp³-hybridized carbons (Fsp3) is 0.320. The number of piperazine rings is 1. The molecule has 1 fully saturated rings. The Hall–Kier alpha value is -4.05. The average molecular weight is 479 g/mol. The molecule has 184 valence electrons. The van der Waals surface area contributed by atoms with E-state index in [1.165, 1.54) is 16.8 Å². The summed E-state index contributed by atoms with van der Waals surface area (Å²) in [5.74, 6) is -1.53. The molecule has 2 aromatic heterocycles. The summed E-state index contributed by atoms with van der Waals surface area (Å²) < 4.78 is 1.94. The average Bonchev–Trinajstić information content (AvgIpc) is 3.16. The molecule has 0 saturated carbocycles. The minimum atomic E-state index is -1.26. The first-order chi connectivity index (χ1) is 16.7. The maximum atomic E-state index is 9.55. The van der Waals surface area contributed by atoms with Gasteiger partial charge in [-0.25, -0.2) is 14.6 Å². The molecule has 0 amide bonds. The first kappa shape index (κ1) is 25.6. The van der Waals surface area contributed by atoms with Crippen LogP contribution in [0, 0.1) is 13.8 Å². The Kier molecular flexibility index (Phi) is 8.69. The summed E-state index contributed by atoms with van der Waals surface area (Å²) >= 11 is 0. The summed E-state index contributed by atoms with van der Waals surface area (Å²) in [5.41, 5.74) is 5.90. The smallest absolute Gasteiger partial charge is 0.328 e. The van der Waals surface area contributed by atoms with Crippen LogP contribution in [0.1, 0.15) is 16.8 Å². The zero-order chi connectivity index (χ0) is 25.4. The van der Waals surface area contributed by atoms with Crippen molar-refractivity contribution in [3.8, 4) is 11.3 Å². The van der Waals surface area contributed by atoms with Crippen molar-refractivity contribution in [3.05, 3.63) is 71.8 Å². The number of nitrogens with zero attached hydrogens (tertiary/aromatic N) is 6. The van der Waals surface area contributed by atoms with Gasteiger partial charge in [-0.2, -0.15) is 5.10 Å². The van der Waals surface area contributed by atoms with E-state index < -0.39 is 11.9 Å². The van der Waals surface area contributed by atoms with Gasteiger partial charge in [-0.05, 0) is 13.8 Å². The maximum absolute atomic E-state index is 9.55. The van der Waals surface area contributed by atoms with Gasteiger partial charge in [0.2, 0.25) is 0 Å². The van der Waals surface area contributed by atoms with Crippen LogP contribution in [0.2, 0.25) is 0 Å². The summed E-state index contributed by atoms with van der Waals surface area (Å²) in [5, 5.41) is 20.0. The number of hydrogen-bond donors (Lipinski definition) is 2. The molecule has 10 nitrogen and oxygen atoms in total. The van der Waals surface area contributed by atoms with Crippen LogP contribution in [0.15, 0.2) is 55.0 Å². The summed E-state index contributed by atoms with van der Waals surface area (Å²) in [6, 6.07) is 8.51. The predicted molar refractivity (Wildman–Crippen MR) is 132 cm³/mol. The Morgan fingerprint density at radius 3 is 2.09 bits per heavy atom. The lowest BCUT2D eigenvalue weighted by Crippen LogP contribution is -2.46. The van der Waals surface area contributed by atoms with Gasteiger partial charge in [0.1, 0.15) is 5.69 Å². The molecule has 0 unspecified atom stereocenters. The maximum Gasteiger partial charge on any atom is 0.328 e. The number of aryl methyl sites for hydroxylation is 2. The van der Waals surface area contributed by atoms with Crippen LogP contribution in [-0.2, 0) is 23.2 Å². The Morgan fingerprint density at radius 1 is 0.943 bits per heavy atom. The number of aliphatic carboxylic acids is 2. The van der Waals surface area contributed by atoms with Crippen LogP contribution in [-0.4, -0.2) is 73.0 Å². The van der Waals surface area contributed by atoms with Crippen LogP contribution in [0.4, 0.5) is 5.82 Å². The fourth-order valence-corrected chi connectivity index (χ4v) is 3.68. The second-order valence-corrected chi connectivity index (χ2v) is 8.25. The quantitative estimate of drug-likeness (QED) is 0.514. The van der Waals surface area contributed by atoms with Crippen LogP contribution < -0.4 is 4.90 Å². The molecule has 1 saturated heterocycles. The zero-order valence-electron chi connectivity index (χ0n) is 20.1. The van der Waals surface area contributed by atoms with Crippen LogP contribution in [0.5, 0.6) is 0 Å². The largest absolute Gasteiger partial charge is 0.478 e. The molecule has 4 rings (SSSR count). The van der Waals surface area contributed by atoms with Crippen molar-refractivity contribution in [1.29, 1.82) is 0 Å². The highest BCUT2D eigenvalue weighted by Crippen LogP contribution is 2.27. The second kappa shape index (κ2) is 11.9. The molecular formula is C25H30N6O4. The van der Waals surface area contributed by atoms with E-state index in [-0.39, 0.29) is 0 Å². The van der Waals surface area contributed by atoms with Crippen molar-refractivity contribution in [1.82, 2.24) is 24.6 Å². The van der Waals surface area contributed by atoms with Gasteiger partial charge < -0.3 is 15.1 Å². The number of carbonyl (C=O) groups is 2. The Morgan fingerprint density at radius 2 is 1.54 bits per heavy atom. The Bertz CT molecular complexity index is 1160. The standard InChI is InChI=1S/C21H26N6.C4H4O4/c1-16-4-6-18(7-5-16)20-21(23-9-8-22-20)27-12-10-26(11-13-27)15-19-14-24-25(3)17(19)2;5-3(6)1-2-4(7)8/h4-9,14H,10-13,15H2,1-3H3;1-2H,(H,5,6)(H,7,8). The number of anilines is 1. The number of hydrogen-bond acceptors (Lipinski definition) is 7. The minimum absolute atomic E-state index is 0.558. The molecule has 1 aliphatic rings. The van der Waals surface area contributed by atoms with E-state index in [0.717, 1.165) is 49.8 Å². The molecule has 1 aromatic carbocycles. The molecule has 2 N–H and O–H groups in total. The summed E-state index contributed by atoms with van der Waals surface area (Å²) in [7, 11) is 2.00. The van der Waals surface area contributed by atoms with Crippen molar-refractivity contribution >= 4 is 17.8 Å². The number of carboxylic acid groups (broad SMARTS) is 2. The molecule has 0 atom stereocenters.